The Bertz CT molecular complexity index is 1010. The van der Waals surface area contributed by atoms with Gasteiger partial charge in [-0.1, -0.05) is 42.5 Å². The highest BCUT2D eigenvalue weighted by Gasteiger charge is 2.25. The largest absolute Gasteiger partial charge is 0.478 e. The third-order valence-corrected chi connectivity index (χ3v) is 5.12. The highest BCUT2D eigenvalue weighted by atomic mass is 16.4. The predicted octanol–water partition coefficient (Wildman–Crippen LogP) is 3.41. The van der Waals surface area contributed by atoms with Crippen LogP contribution >= 0.6 is 0 Å². The van der Waals surface area contributed by atoms with Gasteiger partial charge in [-0.25, -0.2) is 9.78 Å². The van der Waals surface area contributed by atoms with Gasteiger partial charge in [-0.05, 0) is 35.4 Å². The number of amides is 1. The summed E-state index contributed by atoms with van der Waals surface area (Å²) in [6, 6.07) is 20.9. The molecule has 6 heteroatoms. The molecule has 3 aromatic rings. The number of rotatable bonds is 4. The minimum absolute atomic E-state index is 0.0104. The summed E-state index contributed by atoms with van der Waals surface area (Å²) in [6.45, 7) is 2.14. The van der Waals surface area contributed by atoms with E-state index >= 15 is 0 Å². The molecule has 0 unspecified atom stereocenters. The molecule has 0 aliphatic carbocycles. The number of carboxylic acids is 1. The Balaban J connectivity index is 1.42. The number of carboxylic acid groups (broad SMARTS) is 1. The van der Waals surface area contributed by atoms with E-state index in [0.29, 0.717) is 37.6 Å². The number of piperazine rings is 1. The summed E-state index contributed by atoms with van der Waals surface area (Å²) in [5.41, 5.74) is 3.03. The van der Waals surface area contributed by atoms with Crippen LogP contribution in [0.1, 0.15) is 20.7 Å². The number of pyridine rings is 1. The van der Waals surface area contributed by atoms with E-state index in [1.54, 1.807) is 23.2 Å². The van der Waals surface area contributed by atoms with E-state index in [9.17, 15) is 14.7 Å². The summed E-state index contributed by atoms with van der Waals surface area (Å²) in [4.78, 5) is 32.2. The lowest BCUT2D eigenvalue weighted by Crippen LogP contribution is -2.49. The van der Waals surface area contributed by atoms with Crippen LogP contribution in [0.3, 0.4) is 0 Å². The van der Waals surface area contributed by atoms with Crippen LogP contribution in [0.2, 0.25) is 0 Å². The summed E-state index contributed by atoms with van der Waals surface area (Å²) < 4.78 is 0. The fourth-order valence-electron chi connectivity index (χ4n) is 3.56. The van der Waals surface area contributed by atoms with Crippen molar-refractivity contribution in [2.45, 2.75) is 0 Å². The van der Waals surface area contributed by atoms with Crippen LogP contribution in [0.5, 0.6) is 0 Å². The van der Waals surface area contributed by atoms with Gasteiger partial charge in [0.1, 0.15) is 11.4 Å². The van der Waals surface area contributed by atoms with Crippen molar-refractivity contribution < 1.29 is 14.7 Å². The molecule has 1 aromatic heterocycles. The molecule has 1 aliphatic heterocycles. The number of benzene rings is 2. The molecule has 0 atom stereocenters. The molecule has 1 fully saturated rings. The second-order valence-corrected chi connectivity index (χ2v) is 6.90. The smallest absolute Gasteiger partial charge is 0.339 e. The number of hydrogen-bond donors (Lipinski definition) is 1. The van der Waals surface area contributed by atoms with Gasteiger partial charge in [0.2, 0.25) is 0 Å². The van der Waals surface area contributed by atoms with Crippen molar-refractivity contribution in [3.05, 3.63) is 84.1 Å². The summed E-state index contributed by atoms with van der Waals surface area (Å²) in [5, 5.41) is 9.36. The Morgan fingerprint density at radius 2 is 1.45 bits per heavy atom. The maximum atomic E-state index is 12.9. The molecule has 0 spiro atoms. The topological polar surface area (TPSA) is 73.7 Å². The van der Waals surface area contributed by atoms with Crippen LogP contribution in [0.15, 0.2) is 72.9 Å². The lowest BCUT2D eigenvalue weighted by molar-refractivity contribution is 0.0692. The lowest BCUT2D eigenvalue weighted by atomic mass is 10.0. The molecule has 4 rings (SSSR count). The van der Waals surface area contributed by atoms with Gasteiger partial charge in [0.15, 0.2) is 0 Å². The van der Waals surface area contributed by atoms with Gasteiger partial charge in [-0.15, -0.1) is 0 Å². The van der Waals surface area contributed by atoms with E-state index in [4.69, 9.17) is 0 Å². The molecule has 1 N–H and O–H groups in total. The molecule has 2 heterocycles. The molecule has 2 aromatic carbocycles. The van der Waals surface area contributed by atoms with Crippen molar-refractivity contribution >= 4 is 17.7 Å². The lowest BCUT2D eigenvalue weighted by Gasteiger charge is -2.36. The summed E-state index contributed by atoms with van der Waals surface area (Å²) in [6.07, 6.45) is 1.59. The zero-order valence-corrected chi connectivity index (χ0v) is 15.9. The van der Waals surface area contributed by atoms with E-state index in [1.165, 1.54) is 0 Å². The zero-order valence-electron chi connectivity index (χ0n) is 15.9. The maximum Gasteiger partial charge on any atom is 0.339 e. The first kappa shape index (κ1) is 18.7. The predicted molar refractivity (Wildman–Crippen MR) is 111 cm³/mol. The van der Waals surface area contributed by atoms with Crippen LogP contribution < -0.4 is 4.90 Å². The van der Waals surface area contributed by atoms with E-state index < -0.39 is 5.97 Å². The van der Waals surface area contributed by atoms with Crippen molar-refractivity contribution in [1.29, 1.82) is 0 Å². The number of nitrogens with zero attached hydrogens (tertiary/aromatic N) is 3. The number of carbonyl (C=O) groups excluding carboxylic acids is 1. The van der Waals surface area contributed by atoms with Gasteiger partial charge >= 0.3 is 5.97 Å². The Morgan fingerprint density at radius 1 is 0.793 bits per heavy atom. The SMILES string of the molecule is O=C(O)c1cccnc1N1CCN(C(=O)c2ccc(-c3ccccc3)cc2)CC1. The number of hydrogen-bond acceptors (Lipinski definition) is 4. The minimum atomic E-state index is -0.995. The molecule has 1 amide bonds. The summed E-state index contributed by atoms with van der Waals surface area (Å²) >= 11 is 0. The molecule has 1 aliphatic rings. The average Bonchev–Trinajstić information content (AvgIpc) is 2.79. The third kappa shape index (κ3) is 3.96. The van der Waals surface area contributed by atoms with Crippen LogP contribution in [0.25, 0.3) is 11.1 Å². The Labute approximate surface area is 169 Å². The van der Waals surface area contributed by atoms with Crippen LogP contribution in [0.4, 0.5) is 5.82 Å². The Hall–Kier alpha value is -3.67. The molecule has 0 saturated carbocycles. The van der Waals surface area contributed by atoms with Crippen LogP contribution in [0, 0.1) is 0 Å². The fourth-order valence-corrected chi connectivity index (χ4v) is 3.56. The van der Waals surface area contributed by atoms with Gasteiger partial charge in [0.25, 0.3) is 5.91 Å². The first-order chi connectivity index (χ1) is 14.1. The van der Waals surface area contributed by atoms with Crippen molar-refractivity contribution in [1.82, 2.24) is 9.88 Å². The van der Waals surface area contributed by atoms with Crippen molar-refractivity contribution in [2.75, 3.05) is 31.1 Å². The van der Waals surface area contributed by atoms with Gasteiger partial charge in [-0.3, -0.25) is 4.79 Å². The first-order valence-corrected chi connectivity index (χ1v) is 9.51. The number of aromatic nitrogens is 1. The minimum Gasteiger partial charge on any atom is -0.478 e. The quantitative estimate of drug-likeness (QED) is 0.743. The second-order valence-electron chi connectivity index (χ2n) is 6.90. The molecular weight excluding hydrogens is 366 g/mol. The van der Waals surface area contributed by atoms with Crippen molar-refractivity contribution in [2.24, 2.45) is 0 Å². The van der Waals surface area contributed by atoms with E-state index in [-0.39, 0.29) is 11.5 Å². The first-order valence-electron chi connectivity index (χ1n) is 9.51. The van der Waals surface area contributed by atoms with Crippen LogP contribution in [-0.2, 0) is 0 Å². The zero-order chi connectivity index (χ0) is 20.2. The molecule has 6 nitrogen and oxygen atoms in total. The third-order valence-electron chi connectivity index (χ3n) is 5.12. The Morgan fingerprint density at radius 3 is 2.10 bits per heavy atom. The van der Waals surface area contributed by atoms with Gasteiger partial charge in [0.05, 0.1) is 0 Å². The highest BCUT2D eigenvalue weighted by Crippen LogP contribution is 2.22. The standard InChI is InChI=1S/C23H21N3O3/c27-22(19-10-8-18(9-11-19)17-5-2-1-3-6-17)26-15-13-25(14-16-26)21-20(23(28)29)7-4-12-24-21/h1-12H,13-16H2,(H,28,29). The summed E-state index contributed by atoms with van der Waals surface area (Å²) in [5.74, 6) is -0.548. The van der Waals surface area contributed by atoms with Crippen LogP contribution in [-0.4, -0.2) is 53.0 Å². The number of aromatic carboxylic acids is 1. The molecule has 146 valence electrons. The van der Waals surface area contributed by atoms with Gasteiger partial charge in [-0.2, -0.15) is 0 Å². The van der Waals surface area contributed by atoms with Gasteiger partial charge in [0, 0.05) is 37.9 Å². The van der Waals surface area contributed by atoms with Gasteiger partial charge < -0.3 is 14.9 Å². The fraction of sp³-hybridized carbons (Fsp3) is 0.174. The normalized spacial score (nSPS) is 13.9. The number of anilines is 1. The van der Waals surface area contributed by atoms with E-state index in [1.807, 2.05) is 59.5 Å². The number of carbonyl (C=O) groups is 2. The highest BCUT2D eigenvalue weighted by molar-refractivity contribution is 5.95. The van der Waals surface area contributed by atoms with Crippen molar-refractivity contribution in [3.8, 4) is 11.1 Å². The summed E-state index contributed by atoms with van der Waals surface area (Å²) in [7, 11) is 0. The second kappa shape index (κ2) is 8.14. The molecule has 1 saturated heterocycles. The molecule has 29 heavy (non-hydrogen) atoms. The molecule has 0 bridgehead atoms. The Kier molecular flexibility index (Phi) is 5.24. The average molecular weight is 387 g/mol. The molecule has 0 radical (unpaired) electrons. The van der Waals surface area contributed by atoms with E-state index in [2.05, 4.69) is 4.98 Å². The van der Waals surface area contributed by atoms with E-state index in [0.717, 1.165) is 11.1 Å². The maximum absolute atomic E-state index is 12.9. The monoisotopic (exact) mass is 387 g/mol. The molecular formula is C23H21N3O3. The van der Waals surface area contributed by atoms with Crippen molar-refractivity contribution in [3.63, 3.8) is 0 Å².